The van der Waals surface area contributed by atoms with Gasteiger partial charge in [0.2, 0.25) is 0 Å². The van der Waals surface area contributed by atoms with Crippen LogP contribution in [0.15, 0.2) is 24.3 Å². The van der Waals surface area contributed by atoms with Gasteiger partial charge in [0.15, 0.2) is 0 Å². The van der Waals surface area contributed by atoms with Crippen molar-refractivity contribution in [1.82, 2.24) is 20.0 Å². The highest BCUT2D eigenvalue weighted by Crippen LogP contribution is 2.22. The summed E-state index contributed by atoms with van der Waals surface area (Å²) in [5.41, 5.74) is 4.65. The van der Waals surface area contributed by atoms with Gasteiger partial charge in [-0.15, -0.1) is 0 Å². The van der Waals surface area contributed by atoms with E-state index in [2.05, 4.69) is 37.1 Å². The molecule has 0 saturated carbocycles. The summed E-state index contributed by atoms with van der Waals surface area (Å²) in [4.78, 5) is 14.9. The van der Waals surface area contributed by atoms with Crippen LogP contribution in [-0.2, 0) is 6.42 Å². The first-order chi connectivity index (χ1) is 11.8. The van der Waals surface area contributed by atoms with Crippen molar-refractivity contribution in [3.8, 4) is 5.69 Å². The second-order valence-electron chi connectivity index (χ2n) is 7.26. The monoisotopic (exact) mass is 342 g/mol. The van der Waals surface area contributed by atoms with Gasteiger partial charge in [0.25, 0.3) is 5.91 Å². The predicted octanol–water partition coefficient (Wildman–Crippen LogP) is 2.98. The van der Waals surface area contributed by atoms with Crippen molar-refractivity contribution >= 4 is 5.91 Å². The smallest absolute Gasteiger partial charge is 0.255 e. The van der Waals surface area contributed by atoms with Gasteiger partial charge in [-0.3, -0.25) is 4.79 Å². The number of rotatable bonds is 7. The fourth-order valence-electron chi connectivity index (χ4n) is 2.90. The van der Waals surface area contributed by atoms with E-state index in [9.17, 15) is 4.79 Å². The van der Waals surface area contributed by atoms with E-state index in [1.165, 1.54) is 0 Å². The van der Waals surface area contributed by atoms with Crippen molar-refractivity contribution < 1.29 is 4.79 Å². The Morgan fingerprint density at radius 1 is 1.24 bits per heavy atom. The molecule has 25 heavy (non-hydrogen) atoms. The molecule has 1 aromatic carbocycles. The van der Waals surface area contributed by atoms with Crippen molar-refractivity contribution in [2.24, 2.45) is 5.92 Å². The number of aromatic nitrogens is 2. The summed E-state index contributed by atoms with van der Waals surface area (Å²) in [6, 6.07) is 8.13. The molecule has 0 atom stereocenters. The number of carbonyl (C=O) groups excluding carboxylic acids is 1. The first-order valence-corrected chi connectivity index (χ1v) is 8.88. The maximum Gasteiger partial charge on any atom is 0.255 e. The molecule has 136 valence electrons. The van der Waals surface area contributed by atoms with Gasteiger partial charge in [-0.05, 0) is 51.9 Å². The summed E-state index contributed by atoms with van der Waals surface area (Å²) in [6.07, 6.45) is 0.788. The van der Waals surface area contributed by atoms with Crippen LogP contribution < -0.4 is 5.32 Å². The normalized spacial score (nSPS) is 11.4. The molecule has 0 aliphatic rings. The number of likely N-dealkylation sites (N-methyl/N-ethyl adjacent to an activating group) is 1. The van der Waals surface area contributed by atoms with Crippen LogP contribution in [0.2, 0.25) is 0 Å². The van der Waals surface area contributed by atoms with Crippen molar-refractivity contribution in [3.05, 3.63) is 46.8 Å². The highest BCUT2D eigenvalue weighted by atomic mass is 16.1. The molecule has 0 unspecified atom stereocenters. The molecule has 1 N–H and O–H groups in total. The average molecular weight is 342 g/mol. The first-order valence-electron chi connectivity index (χ1n) is 8.88. The maximum atomic E-state index is 12.8. The Hall–Kier alpha value is -2.14. The van der Waals surface area contributed by atoms with E-state index < -0.39 is 0 Å². The van der Waals surface area contributed by atoms with E-state index >= 15 is 0 Å². The largest absolute Gasteiger partial charge is 0.351 e. The maximum absolute atomic E-state index is 12.8. The third-order valence-electron chi connectivity index (χ3n) is 4.21. The summed E-state index contributed by atoms with van der Waals surface area (Å²) in [7, 11) is 4.00. The summed E-state index contributed by atoms with van der Waals surface area (Å²) in [5.74, 6) is 0.405. The molecule has 0 spiro atoms. The van der Waals surface area contributed by atoms with E-state index in [1.54, 1.807) is 0 Å². The fourth-order valence-corrected chi connectivity index (χ4v) is 2.90. The van der Waals surface area contributed by atoms with Gasteiger partial charge in [-0.2, -0.15) is 5.10 Å². The summed E-state index contributed by atoms with van der Waals surface area (Å²) in [5, 5.41) is 7.82. The molecule has 1 aromatic heterocycles. The molecule has 2 rings (SSSR count). The number of carbonyl (C=O) groups is 1. The standard InChI is InChI=1S/C20H30N4O/c1-14(2)13-17-19(20(25)21-11-12-23(5)6)16(4)24(22-17)18-10-8-7-9-15(18)3/h7-10,14H,11-13H2,1-6H3,(H,21,25). The third kappa shape index (κ3) is 4.69. The summed E-state index contributed by atoms with van der Waals surface area (Å²) >= 11 is 0. The average Bonchev–Trinajstić information content (AvgIpc) is 2.83. The lowest BCUT2D eigenvalue weighted by atomic mass is 10.0. The fraction of sp³-hybridized carbons (Fsp3) is 0.500. The molecule has 0 fully saturated rings. The number of nitrogens with zero attached hydrogens (tertiary/aromatic N) is 3. The topological polar surface area (TPSA) is 50.2 Å². The van der Waals surface area contributed by atoms with Crippen LogP contribution in [0.5, 0.6) is 0 Å². The quantitative estimate of drug-likeness (QED) is 0.841. The number of para-hydroxylation sites is 1. The lowest BCUT2D eigenvalue weighted by molar-refractivity contribution is 0.0949. The van der Waals surface area contributed by atoms with Crippen LogP contribution in [0.1, 0.15) is 41.2 Å². The molecule has 0 aliphatic carbocycles. The summed E-state index contributed by atoms with van der Waals surface area (Å²) in [6.45, 7) is 9.78. The Kier molecular flexibility index (Phi) is 6.37. The molecule has 1 amide bonds. The predicted molar refractivity (Wildman–Crippen MR) is 102 cm³/mol. The Balaban J connectivity index is 2.40. The first kappa shape index (κ1) is 19.2. The zero-order valence-corrected chi connectivity index (χ0v) is 16.3. The van der Waals surface area contributed by atoms with Gasteiger partial charge < -0.3 is 10.2 Å². The molecule has 0 aliphatic heterocycles. The number of nitrogens with one attached hydrogen (secondary N) is 1. The Morgan fingerprint density at radius 2 is 1.92 bits per heavy atom. The Labute approximate surface area is 151 Å². The molecule has 0 radical (unpaired) electrons. The third-order valence-corrected chi connectivity index (χ3v) is 4.21. The number of benzene rings is 1. The van der Waals surface area contributed by atoms with Gasteiger partial charge in [-0.1, -0.05) is 32.0 Å². The molecule has 0 saturated heterocycles. The van der Waals surface area contributed by atoms with E-state index in [0.29, 0.717) is 12.5 Å². The van der Waals surface area contributed by atoms with Gasteiger partial charge in [0, 0.05) is 13.1 Å². The SMILES string of the molecule is Cc1ccccc1-n1nc(CC(C)C)c(C(=O)NCCN(C)C)c1C. The van der Waals surface area contributed by atoms with Crippen LogP contribution in [0.3, 0.4) is 0 Å². The van der Waals surface area contributed by atoms with Crippen LogP contribution in [0.4, 0.5) is 0 Å². The van der Waals surface area contributed by atoms with Crippen molar-refractivity contribution in [1.29, 1.82) is 0 Å². The highest BCUT2D eigenvalue weighted by Gasteiger charge is 2.22. The number of amides is 1. The number of hydrogen-bond acceptors (Lipinski definition) is 3. The molecule has 5 heteroatoms. The minimum atomic E-state index is -0.0326. The molecule has 1 heterocycles. The Morgan fingerprint density at radius 3 is 2.52 bits per heavy atom. The molecular weight excluding hydrogens is 312 g/mol. The van der Waals surface area contributed by atoms with E-state index in [0.717, 1.165) is 41.2 Å². The van der Waals surface area contributed by atoms with Crippen LogP contribution >= 0.6 is 0 Å². The van der Waals surface area contributed by atoms with Gasteiger partial charge in [0.05, 0.1) is 22.6 Å². The van der Waals surface area contributed by atoms with Crippen molar-refractivity contribution in [3.63, 3.8) is 0 Å². The van der Waals surface area contributed by atoms with Gasteiger partial charge in [0.1, 0.15) is 0 Å². The van der Waals surface area contributed by atoms with Crippen molar-refractivity contribution in [2.45, 2.75) is 34.1 Å². The second kappa shape index (κ2) is 8.30. The van der Waals surface area contributed by atoms with Crippen LogP contribution in [0.25, 0.3) is 5.69 Å². The minimum absolute atomic E-state index is 0.0326. The van der Waals surface area contributed by atoms with E-state index in [-0.39, 0.29) is 5.91 Å². The van der Waals surface area contributed by atoms with Gasteiger partial charge in [-0.25, -0.2) is 4.68 Å². The van der Waals surface area contributed by atoms with E-state index in [4.69, 9.17) is 5.10 Å². The van der Waals surface area contributed by atoms with E-state index in [1.807, 2.05) is 43.9 Å². The minimum Gasteiger partial charge on any atom is -0.351 e. The molecule has 0 bridgehead atoms. The van der Waals surface area contributed by atoms with Crippen LogP contribution in [-0.4, -0.2) is 47.8 Å². The lowest BCUT2D eigenvalue weighted by Gasteiger charge is -2.11. The summed E-state index contributed by atoms with van der Waals surface area (Å²) < 4.78 is 1.91. The number of hydrogen-bond donors (Lipinski definition) is 1. The number of aryl methyl sites for hydroxylation is 1. The Bertz CT molecular complexity index is 731. The highest BCUT2D eigenvalue weighted by molar-refractivity contribution is 5.96. The van der Waals surface area contributed by atoms with Crippen molar-refractivity contribution in [2.75, 3.05) is 27.2 Å². The van der Waals surface area contributed by atoms with Gasteiger partial charge >= 0.3 is 0 Å². The molecular formula is C20H30N4O. The second-order valence-corrected chi connectivity index (χ2v) is 7.26. The molecule has 2 aromatic rings. The van der Waals surface area contributed by atoms with Crippen LogP contribution in [0, 0.1) is 19.8 Å². The zero-order valence-electron chi connectivity index (χ0n) is 16.3. The zero-order chi connectivity index (χ0) is 18.6. The molecule has 5 nitrogen and oxygen atoms in total. The lowest BCUT2D eigenvalue weighted by Crippen LogP contribution is -2.32.